The summed E-state index contributed by atoms with van der Waals surface area (Å²) >= 11 is 0. The normalized spacial score (nSPS) is 10.3. The van der Waals surface area contributed by atoms with Crippen LogP contribution in [0.25, 0.3) is 16.7 Å². The summed E-state index contributed by atoms with van der Waals surface area (Å²) in [5.74, 6) is 0. The topological polar surface area (TPSA) is 97.6 Å². The summed E-state index contributed by atoms with van der Waals surface area (Å²) < 4.78 is 0. The molecule has 0 aliphatic carbocycles. The molecule has 0 aliphatic heterocycles. The lowest BCUT2D eigenvalue weighted by Gasteiger charge is -2.01. The van der Waals surface area contributed by atoms with Crippen molar-refractivity contribution in [2.45, 2.75) is 0 Å². The molecule has 3 rings (SSSR count). The Bertz CT molecular complexity index is 830. The second kappa shape index (κ2) is 4.44. The number of nitro groups is 1. The van der Waals surface area contributed by atoms with Gasteiger partial charge in [-0.1, -0.05) is 12.1 Å². The zero-order valence-corrected chi connectivity index (χ0v) is 10.1. The first-order valence-electron chi connectivity index (χ1n) is 5.70. The Labute approximate surface area is 112 Å². The molecule has 0 saturated carbocycles. The van der Waals surface area contributed by atoms with E-state index >= 15 is 0 Å². The van der Waals surface area contributed by atoms with Crippen molar-refractivity contribution in [3.8, 4) is 11.8 Å². The van der Waals surface area contributed by atoms with E-state index in [9.17, 15) is 10.1 Å². The summed E-state index contributed by atoms with van der Waals surface area (Å²) in [5.41, 5.74) is 1.53. The fraction of sp³-hybridized carbons (Fsp3) is 0. The number of nitro benzene ring substituents is 1. The highest BCUT2D eigenvalue weighted by atomic mass is 16.6. The van der Waals surface area contributed by atoms with Crippen LogP contribution in [0.15, 0.2) is 42.5 Å². The molecule has 0 saturated heterocycles. The molecule has 0 aliphatic rings. The van der Waals surface area contributed by atoms with Crippen LogP contribution in [0.4, 0.5) is 5.69 Å². The van der Waals surface area contributed by atoms with Gasteiger partial charge in [0.1, 0.15) is 11.0 Å². The van der Waals surface area contributed by atoms with E-state index in [1.807, 2.05) is 18.2 Å². The predicted octanol–water partition coefficient (Wildman–Crippen LogP) is 2.20. The van der Waals surface area contributed by atoms with Crippen molar-refractivity contribution in [1.82, 2.24) is 15.0 Å². The van der Waals surface area contributed by atoms with Gasteiger partial charge >= 0.3 is 0 Å². The van der Waals surface area contributed by atoms with Gasteiger partial charge in [-0.15, -0.1) is 15.0 Å². The highest BCUT2D eigenvalue weighted by Crippen LogP contribution is 2.24. The van der Waals surface area contributed by atoms with Gasteiger partial charge in [0.15, 0.2) is 5.69 Å². The highest BCUT2D eigenvalue weighted by Gasteiger charge is 2.18. The second-order valence-electron chi connectivity index (χ2n) is 4.05. The number of nitriles is 1. The number of hydrogen-bond donors (Lipinski definition) is 0. The molecule has 20 heavy (non-hydrogen) atoms. The third-order valence-corrected chi connectivity index (χ3v) is 2.80. The van der Waals surface area contributed by atoms with Crippen LogP contribution in [0, 0.1) is 21.4 Å². The molecular weight excluding hydrogens is 258 g/mol. The zero-order chi connectivity index (χ0) is 14.1. The lowest BCUT2D eigenvalue weighted by Crippen LogP contribution is -2.03. The zero-order valence-electron chi connectivity index (χ0n) is 10.1. The van der Waals surface area contributed by atoms with Crippen LogP contribution in [0.2, 0.25) is 0 Å². The molecule has 0 atom stereocenters. The van der Waals surface area contributed by atoms with Gasteiger partial charge in [-0.05, 0) is 24.3 Å². The summed E-state index contributed by atoms with van der Waals surface area (Å²) in [7, 11) is 0. The van der Waals surface area contributed by atoms with Gasteiger partial charge in [0, 0.05) is 6.07 Å². The van der Waals surface area contributed by atoms with Crippen LogP contribution in [-0.2, 0) is 0 Å². The Balaban J connectivity index is 2.23. The molecule has 0 spiro atoms. The van der Waals surface area contributed by atoms with Gasteiger partial charge < -0.3 is 0 Å². The van der Waals surface area contributed by atoms with E-state index in [4.69, 9.17) is 5.26 Å². The lowest BCUT2D eigenvalue weighted by atomic mass is 10.2. The van der Waals surface area contributed by atoms with Gasteiger partial charge in [0.25, 0.3) is 5.69 Å². The van der Waals surface area contributed by atoms with Crippen LogP contribution in [0.5, 0.6) is 0 Å². The van der Waals surface area contributed by atoms with Crippen LogP contribution in [-0.4, -0.2) is 19.9 Å². The van der Waals surface area contributed by atoms with E-state index in [2.05, 4.69) is 10.2 Å². The van der Waals surface area contributed by atoms with E-state index in [-0.39, 0.29) is 16.9 Å². The van der Waals surface area contributed by atoms with E-state index < -0.39 is 4.92 Å². The molecule has 0 N–H and O–H groups in total. The number of aromatic nitrogens is 3. The molecule has 0 amide bonds. The maximum Gasteiger partial charge on any atom is 0.298 e. The molecular formula is C13H7N5O2. The van der Waals surface area contributed by atoms with Crippen molar-refractivity contribution in [2.24, 2.45) is 0 Å². The minimum Gasteiger partial charge on any atom is -0.258 e. The summed E-state index contributed by atoms with van der Waals surface area (Å²) in [5, 5.41) is 28.3. The molecule has 2 aromatic carbocycles. The molecule has 0 unspecified atom stereocenters. The monoisotopic (exact) mass is 265 g/mol. The molecule has 3 aromatic rings. The average molecular weight is 265 g/mol. The van der Waals surface area contributed by atoms with E-state index in [1.54, 1.807) is 12.1 Å². The van der Waals surface area contributed by atoms with Crippen molar-refractivity contribution in [2.75, 3.05) is 0 Å². The maximum atomic E-state index is 11.1. The minimum absolute atomic E-state index is 0.204. The van der Waals surface area contributed by atoms with Crippen molar-refractivity contribution in [3.05, 3.63) is 58.1 Å². The Morgan fingerprint density at radius 3 is 2.35 bits per heavy atom. The molecule has 7 nitrogen and oxygen atoms in total. The Morgan fingerprint density at radius 1 is 1.15 bits per heavy atom. The van der Waals surface area contributed by atoms with E-state index in [0.29, 0.717) is 11.0 Å². The highest BCUT2D eigenvalue weighted by molar-refractivity contribution is 5.73. The van der Waals surface area contributed by atoms with Gasteiger partial charge in [-0.3, -0.25) is 10.1 Å². The number of benzene rings is 2. The predicted molar refractivity (Wildman–Crippen MR) is 70.2 cm³/mol. The summed E-state index contributed by atoms with van der Waals surface area (Å²) in [6.07, 6.45) is 0. The third kappa shape index (κ3) is 1.85. The van der Waals surface area contributed by atoms with Gasteiger partial charge in [-0.2, -0.15) is 5.26 Å². The summed E-state index contributed by atoms with van der Waals surface area (Å²) in [4.78, 5) is 11.8. The Kier molecular flexibility index (Phi) is 2.62. The summed E-state index contributed by atoms with van der Waals surface area (Å²) in [6.45, 7) is 0. The quantitative estimate of drug-likeness (QED) is 0.522. The summed E-state index contributed by atoms with van der Waals surface area (Å²) in [6, 6.07) is 13.2. The first-order chi connectivity index (χ1) is 9.69. The molecule has 96 valence electrons. The van der Waals surface area contributed by atoms with Crippen LogP contribution < -0.4 is 0 Å². The number of fused-ring (bicyclic) bond motifs is 1. The van der Waals surface area contributed by atoms with Crippen LogP contribution in [0.1, 0.15) is 5.56 Å². The standard InChI is InChI=1S/C13H7N5O2/c14-8-9-5-6-12(13(7-9)18(19)20)17-15-10-3-1-2-4-11(10)16-17/h1-7H. The molecule has 0 bridgehead atoms. The number of rotatable bonds is 2. The smallest absolute Gasteiger partial charge is 0.258 e. The van der Waals surface area contributed by atoms with E-state index in [1.165, 1.54) is 23.0 Å². The molecule has 0 radical (unpaired) electrons. The fourth-order valence-corrected chi connectivity index (χ4v) is 1.88. The van der Waals surface area contributed by atoms with E-state index in [0.717, 1.165) is 0 Å². The lowest BCUT2D eigenvalue weighted by molar-refractivity contribution is -0.384. The average Bonchev–Trinajstić information content (AvgIpc) is 2.90. The van der Waals surface area contributed by atoms with Crippen LogP contribution >= 0.6 is 0 Å². The maximum absolute atomic E-state index is 11.1. The van der Waals surface area contributed by atoms with Crippen molar-refractivity contribution in [3.63, 3.8) is 0 Å². The van der Waals surface area contributed by atoms with Crippen molar-refractivity contribution in [1.29, 1.82) is 5.26 Å². The first kappa shape index (κ1) is 11.8. The number of hydrogen-bond acceptors (Lipinski definition) is 5. The number of nitrogens with zero attached hydrogens (tertiary/aromatic N) is 5. The minimum atomic E-state index is -0.551. The SMILES string of the molecule is N#Cc1ccc(-n2nc3ccccc3n2)c([N+](=O)[O-])c1. The first-order valence-corrected chi connectivity index (χ1v) is 5.70. The third-order valence-electron chi connectivity index (χ3n) is 2.80. The van der Waals surface area contributed by atoms with Crippen molar-refractivity contribution < 1.29 is 4.92 Å². The van der Waals surface area contributed by atoms with Crippen molar-refractivity contribution >= 4 is 16.7 Å². The van der Waals surface area contributed by atoms with Gasteiger partial charge in [0.05, 0.1) is 16.6 Å². The molecule has 1 heterocycles. The Morgan fingerprint density at radius 2 is 1.80 bits per heavy atom. The molecule has 1 aromatic heterocycles. The molecule has 7 heteroatoms. The van der Waals surface area contributed by atoms with Gasteiger partial charge in [-0.25, -0.2) is 0 Å². The largest absolute Gasteiger partial charge is 0.298 e. The van der Waals surface area contributed by atoms with Gasteiger partial charge in [0.2, 0.25) is 0 Å². The second-order valence-corrected chi connectivity index (χ2v) is 4.05. The van der Waals surface area contributed by atoms with Crippen LogP contribution in [0.3, 0.4) is 0 Å². The fourth-order valence-electron chi connectivity index (χ4n) is 1.88. The Hall–Kier alpha value is -3.27. The molecule has 0 fully saturated rings.